The second-order valence-corrected chi connectivity index (χ2v) is 8.10. The topological polar surface area (TPSA) is 91.4 Å². The van der Waals surface area contributed by atoms with Crippen LogP contribution < -0.4 is 9.47 Å². The van der Waals surface area contributed by atoms with Crippen molar-refractivity contribution in [1.29, 1.82) is 0 Å². The Balaban J connectivity index is 0.000000232. The number of aliphatic hydroxyl groups excluding tert-OH is 1. The van der Waals surface area contributed by atoms with Gasteiger partial charge < -0.3 is 38.3 Å². The predicted molar refractivity (Wildman–Crippen MR) is 111 cm³/mol. The van der Waals surface area contributed by atoms with Crippen LogP contribution in [-0.4, -0.2) is 89.0 Å². The number of epoxide rings is 2. The summed E-state index contributed by atoms with van der Waals surface area (Å²) in [4.78, 5) is 0. The Bertz CT molecular complexity index is 581. The molecule has 2 fully saturated rings. The fraction of sp³-hybridized carbons (Fsp3) is 0.727. The largest absolute Gasteiger partial charge is 0.493 e. The van der Waals surface area contributed by atoms with E-state index >= 15 is 0 Å². The van der Waals surface area contributed by atoms with E-state index in [-0.39, 0.29) is 24.9 Å². The van der Waals surface area contributed by atoms with Crippen molar-refractivity contribution < 1.29 is 38.3 Å². The van der Waals surface area contributed by atoms with Crippen molar-refractivity contribution in [3.8, 4) is 11.5 Å². The number of aliphatic hydroxyl groups is 1. The molecule has 1 aromatic carbocycles. The number of para-hydroxylation sites is 2. The van der Waals surface area contributed by atoms with Crippen LogP contribution in [0.25, 0.3) is 0 Å². The van der Waals surface area contributed by atoms with Gasteiger partial charge in [-0.3, -0.25) is 0 Å². The van der Waals surface area contributed by atoms with Gasteiger partial charge in [0.15, 0.2) is 11.5 Å². The molecule has 0 bridgehead atoms. The second kappa shape index (κ2) is 13.1. The summed E-state index contributed by atoms with van der Waals surface area (Å²) >= 11 is 0. The minimum atomic E-state index is -0.659. The lowest BCUT2D eigenvalue weighted by Gasteiger charge is -2.19. The second-order valence-electron chi connectivity index (χ2n) is 8.10. The average molecular weight is 429 g/mol. The van der Waals surface area contributed by atoms with Crippen LogP contribution in [0.15, 0.2) is 24.3 Å². The Morgan fingerprint density at radius 2 is 1.57 bits per heavy atom. The van der Waals surface area contributed by atoms with Crippen molar-refractivity contribution in [1.82, 2.24) is 0 Å². The van der Waals surface area contributed by atoms with Crippen LogP contribution in [0.4, 0.5) is 0 Å². The van der Waals surface area contributed by atoms with Gasteiger partial charge in [-0.25, -0.2) is 0 Å². The van der Waals surface area contributed by atoms with E-state index in [4.69, 9.17) is 33.2 Å². The summed E-state index contributed by atoms with van der Waals surface area (Å²) < 4.78 is 36.7. The third-order valence-electron chi connectivity index (χ3n) is 3.99. The molecule has 2 aliphatic heterocycles. The third-order valence-corrected chi connectivity index (χ3v) is 3.99. The Morgan fingerprint density at radius 1 is 0.967 bits per heavy atom. The molecule has 3 atom stereocenters. The van der Waals surface area contributed by atoms with Gasteiger partial charge in [0.1, 0.15) is 24.9 Å². The van der Waals surface area contributed by atoms with E-state index in [1.165, 1.54) is 0 Å². The van der Waals surface area contributed by atoms with E-state index in [0.29, 0.717) is 44.0 Å². The molecule has 0 aliphatic carbocycles. The molecule has 1 aromatic rings. The fourth-order valence-electron chi connectivity index (χ4n) is 2.26. The van der Waals surface area contributed by atoms with E-state index in [2.05, 4.69) is 0 Å². The minimum absolute atomic E-state index is 0.0561. The smallest absolute Gasteiger partial charge is 0.161 e. The molecule has 0 spiro atoms. The molecule has 1 N–H and O–H groups in total. The van der Waals surface area contributed by atoms with Gasteiger partial charge in [-0.1, -0.05) is 12.1 Å². The quantitative estimate of drug-likeness (QED) is 0.377. The Morgan fingerprint density at radius 3 is 2.13 bits per heavy atom. The highest BCUT2D eigenvalue weighted by molar-refractivity contribution is 5.39. The van der Waals surface area contributed by atoms with Gasteiger partial charge in [0.05, 0.1) is 59.0 Å². The monoisotopic (exact) mass is 428 g/mol. The molecule has 30 heavy (non-hydrogen) atoms. The van der Waals surface area contributed by atoms with Crippen LogP contribution in [0.2, 0.25) is 0 Å². The molecule has 0 amide bonds. The first-order chi connectivity index (χ1) is 14.4. The maximum Gasteiger partial charge on any atom is 0.161 e. The highest BCUT2D eigenvalue weighted by Crippen LogP contribution is 2.25. The van der Waals surface area contributed by atoms with Gasteiger partial charge in [-0.05, 0) is 32.9 Å². The van der Waals surface area contributed by atoms with Gasteiger partial charge in [0.25, 0.3) is 0 Å². The van der Waals surface area contributed by atoms with Crippen LogP contribution in [0.1, 0.15) is 20.8 Å². The van der Waals surface area contributed by atoms with Crippen molar-refractivity contribution in [2.45, 2.75) is 44.7 Å². The van der Waals surface area contributed by atoms with E-state index < -0.39 is 6.10 Å². The summed E-state index contributed by atoms with van der Waals surface area (Å²) in [5.41, 5.74) is -0.0561. The number of ether oxygens (including phenoxy) is 7. The molecule has 172 valence electrons. The summed E-state index contributed by atoms with van der Waals surface area (Å²) in [6.45, 7) is 10.7. The fourth-order valence-corrected chi connectivity index (χ4v) is 2.26. The van der Waals surface area contributed by atoms with Crippen LogP contribution in [0.5, 0.6) is 11.5 Å². The molecule has 2 aliphatic rings. The molecule has 8 heteroatoms. The van der Waals surface area contributed by atoms with Crippen LogP contribution in [-0.2, 0) is 23.7 Å². The first kappa shape index (κ1) is 24.8. The standard InChI is InChI=1S/C13H18O5.C9H18O3/c1-15-12-4-2-3-5-13(12)18-7-10(14)6-16-8-11-9-17-11;1-9(2,3)12-5-4-10-6-8-7-11-8/h2-5,10-11,14H,6-9H2,1H3;8H,4-7H2,1-3H3. The molecular weight excluding hydrogens is 392 g/mol. The van der Waals surface area contributed by atoms with Gasteiger partial charge in [0, 0.05) is 0 Å². The van der Waals surface area contributed by atoms with Crippen molar-refractivity contribution in [2.24, 2.45) is 0 Å². The lowest BCUT2D eigenvalue weighted by molar-refractivity contribution is -0.0363. The lowest BCUT2D eigenvalue weighted by Crippen LogP contribution is -2.24. The van der Waals surface area contributed by atoms with E-state index in [9.17, 15) is 5.11 Å². The molecule has 0 saturated carbocycles. The first-order valence-electron chi connectivity index (χ1n) is 10.3. The molecule has 2 heterocycles. The summed E-state index contributed by atoms with van der Waals surface area (Å²) in [6, 6.07) is 7.32. The zero-order chi connectivity index (χ0) is 21.8. The SMILES string of the molecule is CC(C)(C)OCCOCC1CO1.COc1ccccc1OCC(O)COCC1CO1. The first-order valence-corrected chi connectivity index (χ1v) is 10.3. The number of rotatable bonds is 13. The number of benzene rings is 1. The number of hydrogen-bond acceptors (Lipinski definition) is 8. The predicted octanol–water partition coefficient (Wildman–Crippen LogP) is 2.07. The summed E-state index contributed by atoms with van der Waals surface area (Å²) in [5.74, 6) is 1.27. The summed E-state index contributed by atoms with van der Waals surface area (Å²) in [5, 5.41) is 9.68. The molecular formula is C22H36O8. The van der Waals surface area contributed by atoms with Crippen LogP contribution >= 0.6 is 0 Å². The molecule has 2 saturated heterocycles. The number of methoxy groups -OCH3 is 1. The van der Waals surface area contributed by atoms with Crippen LogP contribution in [0, 0.1) is 0 Å². The van der Waals surface area contributed by atoms with E-state index in [1.54, 1.807) is 13.2 Å². The van der Waals surface area contributed by atoms with Gasteiger partial charge in [-0.2, -0.15) is 0 Å². The third kappa shape index (κ3) is 12.3. The van der Waals surface area contributed by atoms with Crippen molar-refractivity contribution >= 4 is 0 Å². The van der Waals surface area contributed by atoms with Gasteiger partial charge in [-0.15, -0.1) is 0 Å². The number of hydrogen-bond donors (Lipinski definition) is 1. The Hall–Kier alpha value is -1.42. The minimum Gasteiger partial charge on any atom is -0.493 e. The van der Waals surface area contributed by atoms with E-state index in [1.807, 2.05) is 39.0 Å². The van der Waals surface area contributed by atoms with E-state index in [0.717, 1.165) is 13.2 Å². The van der Waals surface area contributed by atoms with Crippen molar-refractivity contribution in [3.63, 3.8) is 0 Å². The van der Waals surface area contributed by atoms with Crippen LogP contribution in [0.3, 0.4) is 0 Å². The zero-order valence-corrected chi connectivity index (χ0v) is 18.5. The molecule has 3 unspecified atom stereocenters. The van der Waals surface area contributed by atoms with Crippen molar-refractivity contribution in [3.05, 3.63) is 24.3 Å². The lowest BCUT2D eigenvalue weighted by atomic mass is 10.2. The van der Waals surface area contributed by atoms with Gasteiger partial charge in [0.2, 0.25) is 0 Å². The molecule has 0 radical (unpaired) electrons. The average Bonchev–Trinajstić information content (AvgIpc) is 3.61. The summed E-state index contributed by atoms with van der Waals surface area (Å²) in [6.07, 6.45) is -0.0827. The Labute approximate surface area is 179 Å². The zero-order valence-electron chi connectivity index (χ0n) is 18.5. The molecule has 8 nitrogen and oxygen atoms in total. The highest BCUT2D eigenvalue weighted by atomic mass is 16.6. The highest BCUT2D eigenvalue weighted by Gasteiger charge is 2.23. The normalized spacial score (nSPS) is 20.7. The summed E-state index contributed by atoms with van der Waals surface area (Å²) in [7, 11) is 1.58. The maximum atomic E-state index is 9.68. The van der Waals surface area contributed by atoms with Gasteiger partial charge >= 0.3 is 0 Å². The van der Waals surface area contributed by atoms with Crippen molar-refractivity contribution in [2.75, 3.05) is 60.0 Å². The molecule has 3 rings (SSSR count). The molecule has 0 aromatic heterocycles. The Kier molecular flexibility index (Phi) is 10.8. The maximum absolute atomic E-state index is 9.68.